The maximum atomic E-state index is 13.0. The van der Waals surface area contributed by atoms with Gasteiger partial charge in [0.15, 0.2) is 0 Å². The van der Waals surface area contributed by atoms with Crippen LogP contribution in [0.1, 0.15) is 21.6 Å². The Labute approximate surface area is 224 Å². The van der Waals surface area contributed by atoms with Gasteiger partial charge in [0.05, 0.1) is 38.5 Å². The van der Waals surface area contributed by atoms with Crippen LogP contribution < -0.4 is 25.6 Å². The Hall–Kier alpha value is -3.89. The molecule has 0 aliphatic rings. The van der Waals surface area contributed by atoms with Gasteiger partial charge in [-0.15, -0.1) is 11.3 Å². The molecule has 0 unspecified atom stereocenters. The second kappa shape index (κ2) is 12.1. The minimum absolute atomic E-state index is 0.00938. The second-order valence-electron chi connectivity index (χ2n) is 8.96. The molecule has 0 saturated carbocycles. The Morgan fingerprint density at radius 2 is 1.74 bits per heavy atom. The van der Waals surface area contributed by atoms with Crippen molar-refractivity contribution in [2.24, 2.45) is 5.73 Å². The monoisotopic (exact) mass is 538 g/mol. The van der Waals surface area contributed by atoms with Crippen LogP contribution in [0.2, 0.25) is 0 Å². The highest BCUT2D eigenvalue weighted by atomic mass is 32.1. The predicted molar refractivity (Wildman–Crippen MR) is 147 cm³/mol. The van der Waals surface area contributed by atoms with E-state index >= 15 is 0 Å². The van der Waals surface area contributed by atoms with E-state index in [-0.39, 0.29) is 24.4 Å². The zero-order valence-electron chi connectivity index (χ0n) is 21.9. The van der Waals surface area contributed by atoms with E-state index in [0.717, 1.165) is 32.0 Å². The summed E-state index contributed by atoms with van der Waals surface area (Å²) in [6.07, 6.45) is 1.87. The quantitative estimate of drug-likeness (QED) is 0.294. The fourth-order valence-corrected chi connectivity index (χ4v) is 5.20. The van der Waals surface area contributed by atoms with E-state index in [1.807, 2.05) is 24.3 Å². The van der Waals surface area contributed by atoms with E-state index in [4.69, 9.17) is 19.9 Å². The number of halogens is 1. The number of ether oxygens (including phenoxy) is 3. The summed E-state index contributed by atoms with van der Waals surface area (Å²) < 4.78 is 32.7. The van der Waals surface area contributed by atoms with Crippen LogP contribution in [0.3, 0.4) is 0 Å². The molecule has 4 aromatic rings. The number of aromatic nitrogens is 3. The first-order valence-electron chi connectivity index (χ1n) is 12.0. The van der Waals surface area contributed by atoms with Crippen LogP contribution in [0.4, 0.5) is 4.39 Å². The van der Waals surface area contributed by atoms with Gasteiger partial charge < -0.3 is 19.9 Å². The number of rotatable bonds is 11. The molecule has 200 valence electrons. The molecule has 10 heteroatoms. The summed E-state index contributed by atoms with van der Waals surface area (Å²) in [5.74, 6) is 2.07. The van der Waals surface area contributed by atoms with Gasteiger partial charge in [-0.2, -0.15) is 5.10 Å². The lowest BCUT2D eigenvalue weighted by Gasteiger charge is -2.11. The highest BCUT2D eigenvalue weighted by Gasteiger charge is 2.16. The summed E-state index contributed by atoms with van der Waals surface area (Å²) in [7, 11) is 3.22. The molecule has 2 heterocycles. The third-order valence-electron chi connectivity index (χ3n) is 5.93. The number of aryl methyl sites for hydroxylation is 2. The number of hydrogen-bond donors (Lipinski definition) is 1. The SMILES string of the molecule is COc1cc(COc2cc(Cn3cnn(C/C(=C/F)CN)c3=O)sc2-c2cc(C)cc(C)c2)cc(OC)c1. The van der Waals surface area contributed by atoms with Crippen molar-refractivity contribution >= 4 is 11.3 Å². The van der Waals surface area contributed by atoms with Crippen molar-refractivity contribution in [3.63, 3.8) is 0 Å². The maximum absolute atomic E-state index is 13.0. The molecule has 38 heavy (non-hydrogen) atoms. The summed E-state index contributed by atoms with van der Waals surface area (Å²) in [6, 6.07) is 13.9. The van der Waals surface area contributed by atoms with Crippen molar-refractivity contribution in [2.45, 2.75) is 33.5 Å². The topological polar surface area (TPSA) is 93.5 Å². The van der Waals surface area contributed by atoms with Gasteiger partial charge in [0.1, 0.15) is 30.2 Å². The summed E-state index contributed by atoms with van der Waals surface area (Å²) in [5.41, 5.74) is 9.70. The first-order chi connectivity index (χ1) is 18.3. The standard InChI is InChI=1S/C28H31FN4O4S/c1-18-5-19(2)7-22(6-18)27-26(37-16-20-8-23(35-3)10-24(9-20)36-4)11-25(38-27)15-32-17-31-33(28(32)34)14-21(12-29)13-30/h5-12,17H,13-16,30H2,1-4H3/b21-12+. The molecule has 2 aromatic carbocycles. The lowest BCUT2D eigenvalue weighted by atomic mass is 10.1. The molecule has 0 fully saturated rings. The maximum Gasteiger partial charge on any atom is 0.346 e. The molecule has 0 saturated heterocycles. The number of thiophene rings is 1. The fraction of sp³-hybridized carbons (Fsp3) is 0.286. The Morgan fingerprint density at radius 1 is 1.05 bits per heavy atom. The molecular weight excluding hydrogens is 507 g/mol. The third kappa shape index (κ3) is 6.32. The van der Waals surface area contributed by atoms with Crippen LogP contribution in [0.15, 0.2) is 65.5 Å². The van der Waals surface area contributed by atoms with Gasteiger partial charge in [-0.3, -0.25) is 4.57 Å². The normalized spacial score (nSPS) is 11.6. The third-order valence-corrected chi connectivity index (χ3v) is 7.08. The highest BCUT2D eigenvalue weighted by Crippen LogP contribution is 2.40. The number of benzene rings is 2. The van der Waals surface area contributed by atoms with E-state index in [2.05, 4.69) is 37.1 Å². The predicted octanol–water partition coefficient (Wildman–Crippen LogP) is 4.85. The average Bonchev–Trinajstić information content (AvgIpc) is 3.48. The van der Waals surface area contributed by atoms with Crippen LogP contribution in [0.25, 0.3) is 10.4 Å². The zero-order chi connectivity index (χ0) is 27.2. The van der Waals surface area contributed by atoms with E-state index in [9.17, 15) is 9.18 Å². The lowest BCUT2D eigenvalue weighted by molar-refractivity contribution is 0.306. The van der Waals surface area contributed by atoms with Crippen molar-refractivity contribution in [2.75, 3.05) is 20.8 Å². The van der Waals surface area contributed by atoms with E-state index in [1.165, 1.54) is 15.6 Å². The van der Waals surface area contributed by atoms with Crippen LogP contribution in [-0.2, 0) is 19.7 Å². The summed E-state index contributed by atoms with van der Waals surface area (Å²) >= 11 is 1.55. The molecule has 0 bridgehead atoms. The number of hydrogen-bond acceptors (Lipinski definition) is 7. The average molecular weight is 539 g/mol. The Bertz CT molecular complexity index is 1460. The number of nitrogens with two attached hydrogens (primary N) is 1. The molecular formula is C28H31FN4O4S. The molecule has 2 N–H and O–H groups in total. The van der Waals surface area contributed by atoms with Gasteiger partial charge in [-0.25, -0.2) is 13.9 Å². The molecule has 8 nitrogen and oxygen atoms in total. The Balaban J connectivity index is 1.65. The minimum Gasteiger partial charge on any atom is -0.497 e. The van der Waals surface area contributed by atoms with Crippen LogP contribution in [-0.4, -0.2) is 35.1 Å². The first-order valence-corrected chi connectivity index (χ1v) is 12.8. The van der Waals surface area contributed by atoms with Crippen molar-refractivity contribution in [3.8, 4) is 27.7 Å². The van der Waals surface area contributed by atoms with Gasteiger partial charge in [-0.05, 0) is 48.7 Å². The largest absolute Gasteiger partial charge is 0.497 e. The van der Waals surface area contributed by atoms with Crippen molar-refractivity contribution < 1.29 is 18.6 Å². The summed E-state index contributed by atoms with van der Waals surface area (Å²) in [4.78, 5) is 14.7. The molecule has 4 rings (SSSR count). The summed E-state index contributed by atoms with van der Waals surface area (Å²) in [5, 5.41) is 4.12. The molecule has 0 radical (unpaired) electrons. The van der Waals surface area contributed by atoms with Gasteiger partial charge in [0, 0.05) is 17.5 Å². The Kier molecular flexibility index (Phi) is 8.65. The molecule has 2 aromatic heterocycles. The zero-order valence-corrected chi connectivity index (χ0v) is 22.7. The van der Waals surface area contributed by atoms with Crippen molar-refractivity contribution in [1.82, 2.24) is 14.3 Å². The lowest BCUT2D eigenvalue weighted by Crippen LogP contribution is -2.26. The van der Waals surface area contributed by atoms with Crippen LogP contribution in [0, 0.1) is 13.8 Å². The Morgan fingerprint density at radius 3 is 2.34 bits per heavy atom. The minimum atomic E-state index is -0.343. The first kappa shape index (κ1) is 27.2. The van der Waals surface area contributed by atoms with Gasteiger partial charge >= 0.3 is 5.69 Å². The van der Waals surface area contributed by atoms with Gasteiger partial charge in [0.2, 0.25) is 0 Å². The molecule has 0 aliphatic heterocycles. The smallest absolute Gasteiger partial charge is 0.346 e. The van der Waals surface area contributed by atoms with Gasteiger partial charge in [0.25, 0.3) is 0 Å². The second-order valence-corrected chi connectivity index (χ2v) is 10.1. The number of methoxy groups -OCH3 is 2. The molecule has 0 amide bonds. The van der Waals surface area contributed by atoms with Crippen LogP contribution in [0.5, 0.6) is 17.2 Å². The molecule has 0 aliphatic carbocycles. The molecule has 0 spiro atoms. The van der Waals surface area contributed by atoms with Crippen molar-refractivity contribution in [1.29, 1.82) is 0 Å². The van der Waals surface area contributed by atoms with E-state index in [0.29, 0.717) is 36.7 Å². The van der Waals surface area contributed by atoms with E-state index < -0.39 is 0 Å². The fourth-order valence-electron chi connectivity index (χ4n) is 4.12. The molecule has 0 atom stereocenters. The van der Waals surface area contributed by atoms with Crippen LogP contribution >= 0.6 is 11.3 Å². The number of nitrogens with zero attached hydrogens (tertiary/aromatic N) is 3. The highest BCUT2D eigenvalue weighted by molar-refractivity contribution is 7.16. The summed E-state index contributed by atoms with van der Waals surface area (Å²) in [6.45, 7) is 4.74. The van der Waals surface area contributed by atoms with E-state index in [1.54, 1.807) is 25.6 Å². The van der Waals surface area contributed by atoms with Gasteiger partial charge in [-0.1, -0.05) is 29.3 Å². The van der Waals surface area contributed by atoms with Crippen molar-refractivity contribution in [3.05, 3.63) is 92.7 Å².